The summed E-state index contributed by atoms with van der Waals surface area (Å²) in [4.78, 5) is 23.3. The highest BCUT2D eigenvalue weighted by molar-refractivity contribution is 6.31. The van der Waals surface area contributed by atoms with E-state index in [-0.39, 0.29) is 6.42 Å². The zero-order valence-corrected chi connectivity index (χ0v) is 15.9. The van der Waals surface area contributed by atoms with Crippen LogP contribution in [0.15, 0.2) is 34.7 Å². The molecule has 0 aliphatic heterocycles. The number of carbonyl (C=O) groups excluding carboxylic acids is 1. The molecule has 6 nitrogen and oxygen atoms in total. The number of ether oxygens (including phenoxy) is 1. The molecule has 7 heteroatoms. The van der Waals surface area contributed by atoms with E-state index >= 15 is 0 Å². The number of carbonyl (C=O) groups is 2. The Morgan fingerprint density at radius 3 is 2.54 bits per heavy atom. The average Bonchev–Trinajstić information content (AvgIpc) is 2.96. The molecule has 1 amide bonds. The SMILES string of the molecule is Cc1ccc(-c2ccc(CC(NC(=O)OC(C)(C)C)C(=O)O)o2)cc1Cl. The summed E-state index contributed by atoms with van der Waals surface area (Å²) in [7, 11) is 0. The zero-order chi connectivity index (χ0) is 19.5. The van der Waals surface area contributed by atoms with E-state index in [9.17, 15) is 14.7 Å². The van der Waals surface area contributed by atoms with Crippen molar-refractivity contribution in [3.05, 3.63) is 46.7 Å². The van der Waals surface area contributed by atoms with Crippen LogP contribution >= 0.6 is 11.6 Å². The summed E-state index contributed by atoms with van der Waals surface area (Å²) in [5, 5.41) is 12.3. The quantitative estimate of drug-likeness (QED) is 0.802. The summed E-state index contributed by atoms with van der Waals surface area (Å²) in [5.74, 6) is -0.171. The predicted octanol–water partition coefficient (Wildman–Crippen LogP) is 4.43. The molecular weight excluding hydrogens is 358 g/mol. The standard InChI is InChI=1S/C19H22ClNO5/c1-11-5-6-12(9-14(11)20)16-8-7-13(25-16)10-15(17(22)23)21-18(24)26-19(2,3)4/h5-9,15H,10H2,1-4H3,(H,21,24)(H,22,23). The maximum Gasteiger partial charge on any atom is 0.408 e. The third-order valence-corrected chi connectivity index (χ3v) is 3.92. The topological polar surface area (TPSA) is 88.8 Å². The molecule has 1 aromatic heterocycles. The van der Waals surface area contributed by atoms with Gasteiger partial charge in [0.2, 0.25) is 0 Å². The maximum atomic E-state index is 11.8. The number of hydrogen-bond donors (Lipinski definition) is 2. The van der Waals surface area contributed by atoms with Crippen molar-refractivity contribution in [3.8, 4) is 11.3 Å². The summed E-state index contributed by atoms with van der Waals surface area (Å²) in [6.07, 6.45) is -0.796. The Morgan fingerprint density at radius 1 is 1.27 bits per heavy atom. The molecule has 1 unspecified atom stereocenters. The maximum absolute atomic E-state index is 11.8. The fraction of sp³-hybridized carbons (Fsp3) is 0.368. The van der Waals surface area contributed by atoms with Crippen LogP contribution in [0.2, 0.25) is 5.02 Å². The first-order valence-electron chi connectivity index (χ1n) is 8.13. The van der Waals surface area contributed by atoms with Gasteiger partial charge in [0.1, 0.15) is 23.2 Å². The third kappa shape index (κ3) is 5.52. The highest BCUT2D eigenvalue weighted by atomic mass is 35.5. The minimum Gasteiger partial charge on any atom is -0.480 e. The lowest BCUT2D eigenvalue weighted by Crippen LogP contribution is -2.44. The number of amides is 1. The smallest absolute Gasteiger partial charge is 0.408 e. The molecular formula is C19H22ClNO5. The Balaban J connectivity index is 2.10. The Kier molecular flexibility index (Phi) is 5.97. The number of hydrogen-bond acceptors (Lipinski definition) is 4. The van der Waals surface area contributed by atoms with Gasteiger partial charge in [0.15, 0.2) is 0 Å². The van der Waals surface area contributed by atoms with E-state index in [1.54, 1.807) is 39.0 Å². The van der Waals surface area contributed by atoms with Gasteiger partial charge in [-0.1, -0.05) is 23.7 Å². The second-order valence-corrected chi connectivity index (χ2v) is 7.38. The van der Waals surface area contributed by atoms with Gasteiger partial charge < -0.3 is 19.6 Å². The second-order valence-electron chi connectivity index (χ2n) is 6.97. The lowest BCUT2D eigenvalue weighted by molar-refractivity contribution is -0.139. The molecule has 1 atom stereocenters. The molecule has 1 heterocycles. The van der Waals surface area contributed by atoms with Crippen molar-refractivity contribution in [2.24, 2.45) is 0 Å². The Labute approximate surface area is 157 Å². The van der Waals surface area contributed by atoms with Gasteiger partial charge in [0.05, 0.1) is 0 Å². The monoisotopic (exact) mass is 379 g/mol. The van der Waals surface area contributed by atoms with E-state index in [1.807, 2.05) is 19.1 Å². The number of halogens is 1. The van der Waals surface area contributed by atoms with Crippen molar-refractivity contribution < 1.29 is 23.8 Å². The third-order valence-electron chi connectivity index (χ3n) is 3.51. The largest absolute Gasteiger partial charge is 0.480 e. The van der Waals surface area contributed by atoms with Gasteiger partial charge >= 0.3 is 12.1 Å². The number of aliphatic carboxylic acids is 1. The molecule has 0 radical (unpaired) electrons. The van der Waals surface area contributed by atoms with E-state index in [4.69, 9.17) is 20.8 Å². The molecule has 0 spiro atoms. The van der Waals surface area contributed by atoms with Crippen LogP contribution < -0.4 is 5.32 Å². The summed E-state index contributed by atoms with van der Waals surface area (Å²) in [6, 6.07) is 7.79. The minimum atomic E-state index is -1.17. The Hall–Kier alpha value is -2.47. The molecule has 0 fully saturated rings. The van der Waals surface area contributed by atoms with Crippen molar-refractivity contribution in [2.45, 2.75) is 45.8 Å². The van der Waals surface area contributed by atoms with Gasteiger partial charge in [-0.2, -0.15) is 0 Å². The van der Waals surface area contributed by atoms with Crippen LogP contribution in [0.4, 0.5) is 4.79 Å². The van der Waals surface area contributed by atoms with E-state index in [2.05, 4.69) is 5.32 Å². The van der Waals surface area contributed by atoms with Crippen LogP contribution in [0, 0.1) is 6.92 Å². The lowest BCUT2D eigenvalue weighted by atomic mass is 10.1. The first-order valence-corrected chi connectivity index (χ1v) is 8.50. The van der Waals surface area contributed by atoms with Gasteiger partial charge in [0.25, 0.3) is 0 Å². The van der Waals surface area contributed by atoms with Crippen LogP contribution in [0.25, 0.3) is 11.3 Å². The normalized spacial score (nSPS) is 12.5. The van der Waals surface area contributed by atoms with Gasteiger partial charge in [-0.3, -0.25) is 0 Å². The number of carboxylic acids is 1. The highest BCUT2D eigenvalue weighted by Crippen LogP contribution is 2.27. The molecule has 2 N–H and O–H groups in total. The van der Waals surface area contributed by atoms with Gasteiger partial charge in [-0.05, 0) is 51.5 Å². The fourth-order valence-electron chi connectivity index (χ4n) is 2.24. The first kappa shape index (κ1) is 19.8. The van der Waals surface area contributed by atoms with Crippen molar-refractivity contribution in [3.63, 3.8) is 0 Å². The number of benzene rings is 1. The molecule has 140 valence electrons. The highest BCUT2D eigenvalue weighted by Gasteiger charge is 2.25. The zero-order valence-electron chi connectivity index (χ0n) is 15.1. The molecule has 0 aliphatic rings. The number of alkyl carbamates (subject to hydrolysis) is 1. The Bertz CT molecular complexity index is 807. The molecule has 0 aliphatic carbocycles. The van der Waals surface area contributed by atoms with Crippen LogP contribution in [0.5, 0.6) is 0 Å². The molecule has 26 heavy (non-hydrogen) atoms. The summed E-state index contributed by atoms with van der Waals surface area (Å²) < 4.78 is 10.8. The van der Waals surface area contributed by atoms with Gasteiger partial charge in [0, 0.05) is 17.0 Å². The van der Waals surface area contributed by atoms with Crippen LogP contribution in [0.3, 0.4) is 0 Å². The fourth-order valence-corrected chi connectivity index (χ4v) is 2.42. The summed E-state index contributed by atoms with van der Waals surface area (Å²) in [6.45, 7) is 7.01. The summed E-state index contributed by atoms with van der Waals surface area (Å²) >= 11 is 6.13. The second kappa shape index (κ2) is 7.83. The summed E-state index contributed by atoms with van der Waals surface area (Å²) in [5.41, 5.74) is 1.03. The number of nitrogens with one attached hydrogen (secondary N) is 1. The van der Waals surface area contributed by atoms with E-state index in [0.717, 1.165) is 11.1 Å². The average molecular weight is 380 g/mol. The molecule has 0 bridgehead atoms. The minimum absolute atomic E-state index is 0.00578. The number of aryl methyl sites for hydroxylation is 1. The van der Waals surface area contributed by atoms with E-state index < -0.39 is 23.7 Å². The molecule has 0 saturated heterocycles. The predicted molar refractivity (Wildman–Crippen MR) is 98.4 cm³/mol. The van der Waals surface area contributed by atoms with Crippen molar-refractivity contribution in [1.29, 1.82) is 0 Å². The van der Waals surface area contributed by atoms with Gasteiger partial charge in [-0.25, -0.2) is 9.59 Å². The lowest BCUT2D eigenvalue weighted by Gasteiger charge is -2.21. The van der Waals surface area contributed by atoms with Gasteiger partial charge in [-0.15, -0.1) is 0 Å². The van der Waals surface area contributed by atoms with Crippen molar-refractivity contribution in [2.75, 3.05) is 0 Å². The molecule has 2 aromatic rings. The molecule has 1 aromatic carbocycles. The van der Waals surface area contributed by atoms with Crippen molar-refractivity contribution >= 4 is 23.7 Å². The van der Waals surface area contributed by atoms with Crippen LogP contribution in [-0.4, -0.2) is 28.8 Å². The number of carboxylic acid groups (broad SMARTS) is 1. The molecule has 0 saturated carbocycles. The van der Waals surface area contributed by atoms with E-state index in [0.29, 0.717) is 16.5 Å². The molecule has 2 rings (SSSR count). The first-order chi connectivity index (χ1) is 12.0. The van der Waals surface area contributed by atoms with Crippen molar-refractivity contribution in [1.82, 2.24) is 5.32 Å². The van der Waals surface area contributed by atoms with Crippen LogP contribution in [-0.2, 0) is 16.0 Å². The van der Waals surface area contributed by atoms with Crippen LogP contribution in [0.1, 0.15) is 32.1 Å². The number of furan rings is 1. The Morgan fingerprint density at radius 2 is 1.96 bits per heavy atom. The number of rotatable bonds is 5. The van der Waals surface area contributed by atoms with E-state index in [1.165, 1.54) is 0 Å².